The van der Waals surface area contributed by atoms with Gasteiger partial charge in [0.15, 0.2) is 0 Å². The summed E-state index contributed by atoms with van der Waals surface area (Å²) in [5.74, 6) is 0.574. The van der Waals surface area contributed by atoms with Crippen LogP contribution in [0.5, 0.6) is 0 Å². The Labute approximate surface area is 333 Å². The molecule has 4 heteroatoms. The highest BCUT2D eigenvalue weighted by Gasteiger charge is 2.23. The van der Waals surface area contributed by atoms with E-state index in [2.05, 4.69) is 193 Å². The highest BCUT2D eigenvalue weighted by atomic mass is 16.3. The maximum Gasteiger partial charge on any atom is 0.238 e. The summed E-state index contributed by atoms with van der Waals surface area (Å²) in [5.41, 5.74) is 12.5. The van der Waals surface area contributed by atoms with Gasteiger partial charge in [-0.3, -0.25) is 4.57 Å². The fourth-order valence-electron chi connectivity index (χ4n) is 9.10. The van der Waals surface area contributed by atoms with E-state index in [1.165, 1.54) is 33.0 Å². The normalized spacial score (nSPS) is 11.8. The number of fused-ring (bicyclic) bond motifs is 8. The summed E-state index contributed by atoms with van der Waals surface area (Å²) in [6.07, 6.45) is 0. The van der Waals surface area contributed by atoms with Gasteiger partial charge in [0.2, 0.25) is 11.7 Å². The van der Waals surface area contributed by atoms with E-state index in [0.29, 0.717) is 11.7 Å². The minimum atomic E-state index is 0.564. The average molecular weight is 740 g/mol. The molecule has 0 spiro atoms. The van der Waals surface area contributed by atoms with E-state index in [1.807, 2.05) is 12.1 Å². The third kappa shape index (κ3) is 4.95. The molecule has 0 N–H and O–H groups in total. The molecule has 0 unspecified atom stereocenters. The quantitative estimate of drug-likeness (QED) is 0.177. The third-order valence-electron chi connectivity index (χ3n) is 11.7. The van der Waals surface area contributed by atoms with Crippen molar-refractivity contribution in [3.8, 4) is 50.6 Å². The van der Waals surface area contributed by atoms with Crippen molar-refractivity contribution >= 4 is 65.4 Å². The number of nitrogens with zero attached hydrogens (tertiary/aromatic N) is 3. The zero-order chi connectivity index (χ0) is 38.2. The van der Waals surface area contributed by atoms with Crippen LogP contribution in [0.15, 0.2) is 205 Å². The van der Waals surface area contributed by atoms with E-state index in [4.69, 9.17) is 14.4 Å². The predicted octanol–water partition coefficient (Wildman–Crippen LogP) is 14.4. The van der Waals surface area contributed by atoms with Crippen LogP contribution >= 0.6 is 0 Å². The van der Waals surface area contributed by atoms with Crippen LogP contribution < -0.4 is 0 Å². The molecular formula is C54H33N3O. The third-order valence-corrected chi connectivity index (χ3v) is 11.7. The van der Waals surface area contributed by atoms with Crippen molar-refractivity contribution in [2.75, 3.05) is 0 Å². The molecule has 9 aromatic carbocycles. The first-order valence-electron chi connectivity index (χ1n) is 19.7. The Morgan fingerprint density at radius 3 is 1.62 bits per heavy atom. The van der Waals surface area contributed by atoms with Gasteiger partial charge in [0.05, 0.1) is 22.1 Å². The van der Waals surface area contributed by atoms with Gasteiger partial charge in [0.25, 0.3) is 0 Å². The minimum Gasteiger partial charge on any atom is -0.437 e. The smallest absolute Gasteiger partial charge is 0.238 e. The fraction of sp³-hybridized carbons (Fsp3) is 0. The van der Waals surface area contributed by atoms with Gasteiger partial charge < -0.3 is 4.42 Å². The predicted molar refractivity (Wildman–Crippen MR) is 240 cm³/mol. The number of hydrogen-bond acceptors (Lipinski definition) is 3. The number of benzene rings is 9. The molecule has 0 aliphatic heterocycles. The molecule has 0 atom stereocenters. The van der Waals surface area contributed by atoms with Crippen molar-refractivity contribution in [3.63, 3.8) is 0 Å². The second-order valence-corrected chi connectivity index (χ2v) is 14.9. The van der Waals surface area contributed by atoms with Crippen LogP contribution in [0.25, 0.3) is 116 Å². The number of aromatic nitrogens is 3. The van der Waals surface area contributed by atoms with Crippen molar-refractivity contribution < 1.29 is 4.42 Å². The van der Waals surface area contributed by atoms with Crippen LogP contribution in [0, 0.1) is 0 Å². The average Bonchev–Trinajstić information content (AvgIpc) is 3.84. The first-order chi connectivity index (χ1) is 28.8. The Balaban J connectivity index is 1.07. The summed E-state index contributed by atoms with van der Waals surface area (Å²) in [5, 5.41) is 8.96. The molecule has 0 aliphatic carbocycles. The molecule has 270 valence electrons. The van der Waals surface area contributed by atoms with Gasteiger partial charge in [-0.2, -0.15) is 4.98 Å². The highest BCUT2D eigenvalue weighted by molar-refractivity contribution is 6.16. The first kappa shape index (κ1) is 32.4. The van der Waals surface area contributed by atoms with Gasteiger partial charge in [-0.25, -0.2) is 4.98 Å². The minimum absolute atomic E-state index is 0.564. The van der Waals surface area contributed by atoms with Crippen molar-refractivity contribution in [2.24, 2.45) is 0 Å². The second-order valence-electron chi connectivity index (χ2n) is 14.9. The van der Waals surface area contributed by atoms with E-state index in [9.17, 15) is 0 Å². The van der Waals surface area contributed by atoms with Gasteiger partial charge in [-0.05, 0) is 79.2 Å². The number of para-hydroxylation sites is 3. The maximum atomic E-state index is 6.54. The lowest BCUT2D eigenvalue weighted by Crippen LogP contribution is -2.03. The lowest BCUT2D eigenvalue weighted by atomic mass is 9.89. The molecule has 0 saturated carbocycles. The molecule has 0 amide bonds. The molecule has 0 radical (unpaired) electrons. The zero-order valence-electron chi connectivity index (χ0n) is 31.3. The van der Waals surface area contributed by atoms with Gasteiger partial charge in [0.1, 0.15) is 5.58 Å². The molecule has 0 saturated heterocycles. The lowest BCUT2D eigenvalue weighted by Gasteiger charge is -2.16. The highest BCUT2D eigenvalue weighted by Crippen LogP contribution is 2.43. The molecule has 4 nitrogen and oxygen atoms in total. The molecule has 12 rings (SSSR count). The van der Waals surface area contributed by atoms with Crippen molar-refractivity contribution in [2.45, 2.75) is 0 Å². The first-order valence-corrected chi connectivity index (χ1v) is 19.7. The molecular weight excluding hydrogens is 707 g/mol. The standard InChI is InChI=1S/C54H33N3O/c1-2-15-34(16-3-1)39-26-13-17-35-18-14-27-40(50(35)39)37-20-12-19-36(33-37)38-31-32-45(42-22-5-4-21-41(38)42)52-51-46-25-8-11-30-49(46)58-53(51)56-54(55-52)57-47-28-9-6-23-43(47)44-24-7-10-29-48(44)57/h1-33H. The molecule has 3 heterocycles. The zero-order valence-corrected chi connectivity index (χ0v) is 31.3. The number of rotatable bonds is 5. The molecule has 3 aromatic heterocycles. The van der Waals surface area contributed by atoms with Crippen molar-refractivity contribution in [1.29, 1.82) is 0 Å². The summed E-state index contributed by atoms with van der Waals surface area (Å²) >= 11 is 0. The van der Waals surface area contributed by atoms with Gasteiger partial charge >= 0.3 is 0 Å². The Morgan fingerprint density at radius 2 is 0.897 bits per heavy atom. The van der Waals surface area contributed by atoms with Crippen molar-refractivity contribution in [3.05, 3.63) is 200 Å². The largest absolute Gasteiger partial charge is 0.437 e. The van der Waals surface area contributed by atoms with E-state index >= 15 is 0 Å². The lowest BCUT2D eigenvalue weighted by molar-refractivity contribution is 0.651. The Kier molecular flexibility index (Phi) is 7.20. The van der Waals surface area contributed by atoms with Crippen LogP contribution in [0.4, 0.5) is 0 Å². The monoisotopic (exact) mass is 739 g/mol. The van der Waals surface area contributed by atoms with Gasteiger partial charge in [-0.15, -0.1) is 0 Å². The maximum absolute atomic E-state index is 6.54. The van der Waals surface area contributed by atoms with Gasteiger partial charge in [0, 0.05) is 21.7 Å². The Morgan fingerprint density at radius 1 is 0.362 bits per heavy atom. The summed E-state index contributed by atoms with van der Waals surface area (Å²) in [6.45, 7) is 0. The van der Waals surface area contributed by atoms with Crippen molar-refractivity contribution in [1.82, 2.24) is 14.5 Å². The van der Waals surface area contributed by atoms with E-state index < -0.39 is 0 Å². The van der Waals surface area contributed by atoms with Gasteiger partial charge in [-0.1, -0.05) is 176 Å². The Bertz CT molecular complexity index is 3520. The summed E-state index contributed by atoms with van der Waals surface area (Å²) in [6, 6.07) is 71.1. The molecule has 58 heavy (non-hydrogen) atoms. The summed E-state index contributed by atoms with van der Waals surface area (Å²) < 4.78 is 8.71. The molecule has 12 aromatic rings. The molecule has 0 bridgehead atoms. The van der Waals surface area contributed by atoms with Crippen LogP contribution in [0.3, 0.4) is 0 Å². The SMILES string of the molecule is c1ccc(-c2cccc3cccc(-c4cccc(-c5ccc(-c6nc(-n7c8ccccc8c8ccccc87)nc7oc8ccccc8c67)c6ccccc56)c4)c23)cc1. The fourth-order valence-corrected chi connectivity index (χ4v) is 9.10. The number of hydrogen-bond donors (Lipinski definition) is 0. The number of furan rings is 1. The van der Waals surface area contributed by atoms with Crippen LogP contribution in [0.2, 0.25) is 0 Å². The summed E-state index contributed by atoms with van der Waals surface area (Å²) in [4.78, 5) is 10.7. The van der Waals surface area contributed by atoms with E-state index in [0.717, 1.165) is 71.3 Å². The summed E-state index contributed by atoms with van der Waals surface area (Å²) in [7, 11) is 0. The van der Waals surface area contributed by atoms with E-state index in [1.54, 1.807) is 0 Å². The van der Waals surface area contributed by atoms with Crippen LogP contribution in [0.1, 0.15) is 0 Å². The van der Waals surface area contributed by atoms with E-state index in [-0.39, 0.29) is 0 Å². The molecule has 0 aliphatic rings. The van der Waals surface area contributed by atoms with Crippen LogP contribution in [-0.2, 0) is 0 Å². The second kappa shape index (κ2) is 12.9. The molecule has 0 fully saturated rings. The topological polar surface area (TPSA) is 43.9 Å². The van der Waals surface area contributed by atoms with Crippen LogP contribution in [-0.4, -0.2) is 14.5 Å². The Hall–Kier alpha value is -7.82.